The Kier molecular flexibility index (Phi) is 8.48. The van der Waals surface area contributed by atoms with Crippen LogP contribution in [0, 0.1) is 0 Å². The van der Waals surface area contributed by atoms with Gasteiger partial charge in [0, 0.05) is 26.9 Å². The Morgan fingerprint density at radius 3 is 1.92 bits per heavy atom. The van der Waals surface area contributed by atoms with Gasteiger partial charge in [-0.15, -0.1) is 0 Å². The highest BCUT2D eigenvalue weighted by Gasteiger charge is 2.17. The van der Waals surface area contributed by atoms with Gasteiger partial charge in [-0.2, -0.15) is 0 Å². The van der Waals surface area contributed by atoms with E-state index in [4.69, 9.17) is 28.4 Å². The molecule has 2 aromatic rings. The molecule has 2 rings (SSSR count). The maximum absolute atomic E-state index is 5.75. The molecule has 0 aromatic heterocycles. The van der Waals surface area contributed by atoms with Gasteiger partial charge in [0.1, 0.15) is 0 Å². The predicted octanol–water partition coefficient (Wildman–Crippen LogP) is 3.81. The van der Waals surface area contributed by atoms with Gasteiger partial charge in [0.2, 0.25) is 5.75 Å². The lowest BCUT2D eigenvalue weighted by Gasteiger charge is -2.18. The summed E-state index contributed by atoms with van der Waals surface area (Å²) in [6, 6.07) is 13.7. The molecule has 0 N–H and O–H groups in total. The third-order valence-corrected chi connectivity index (χ3v) is 3.34. The number of ether oxygens (including phenoxy) is 6. The second-order valence-electron chi connectivity index (χ2n) is 5.21. The SMILES string of the molecule is COCOc1ccc(C=Cc2ccccc2)c(OCOC)c1OCOC. The van der Waals surface area contributed by atoms with Crippen LogP contribution in [0.25, 0.3) is 12.2 Å². The molecule has 140 valence electrons. The molecular formula is C20H24O6. The minimum absolute atomic E-state index is 0.0541. The van der Waals surface area contributed by atoms with E-state index in [9.17, 15) is 0 Å². The van der Waals surface area contributed by atoms with Crippen LogP contribution in [-0.2, 0) is 14.2 Å². The first-order chi connectivity index (χ1) is 12.8. The Bertz CT molecular complexity index is 684. The first-order valence-corrected chi connectivity index (χ1v) is 8.05. The minimum atomic E-state index is 0.0541. The Morgan fingerprint density at radius 1 is 0.654 bits per heavy atom. The fraction of sp³-hybridized carbons (Fsp3) is 0.300. The zero-order chi connectivity index (χ0) is 18.6. The van der Waals surface area contributed by atoms with Crippen LogP contribution in [0.5, 0.6) is 17.2 Å². The Labute approximate surface area is 153 Å². The van der Waals surface area contributed by atoms with Crippen LogP contribution in [-0.4, -0.2) is 41.7 Å². The van der Waals surface area contributed by atoms with Crippen molar-refractivity contribution in [1.82, 2.24) is 0 Å². The molecule has 0 saturated carbocycles. The van der Waals surface area contributed by atoms with Crippen LogP contribution >= 0.6 is 0 Å². The van der Waals surface area contributed by atoms with E-state index in [1.807, 2.05) is 48.6 Å². The molecule has 0 fully saturated rings. The highest BCUT2D eigenvalue weighted by atomic mass is 16.7. The van der Waals surface area contributed by atoms with Crippen molar-refractivity contribution in [3.05, 3.63) is 53.6 Å². The smallest absolute Gasteiger partial charge is 0.207 e. The first-order valence-electron chi connectivity index (χ1n) is 8.05. The Morgan fingerprint density at radius 2 is 1.27 bits per heavy atom. The van der Waals surface area contributed by atoms with E-state index in [-0.39, 0.29) is 20.4 Å². The standard InChI is InChI=1S/C20H24O6/c1-21-13-24-18-12-11-17(10-9-16-7-5-4-6-8-16)19(25-14-22-2)20(18)26-15-23-3/h4-12H,13-15H2,1-3H3. The fourth-order valence-electron chi connectivity index (χ4n) is 2.20. The van der Waals surface area contributed by atoms with Crippen molar-refractivity contribution in [3.8, 4) is 17.2 Å². The van der Waals surface area contributed by atoms with Crippen LogP contribution in [0.2, 0.25) is 0 Å². The molecule has 0 radical (unpaired) electrons. The summed E-state index contributed by atoms with van der Waals surface area (Å²) in [6.07, 6.45) is 3.94. The van der Waals surface area contributed by atoms with E-state index in [2.05, 4.69) is 0 Å². The number of benzene rings is 2. The topological polar surface area (TPSA) is 55.4 Å². The summed E-state index contributed by atoms with van der Waals surface area (Å²) in [4.78, 5) is 0. The molecule has 0 aliphatic heterocycles. The lowest BCUT2D eigenvalue weighted by Crippen LogP contribution is -2.08. The molecule has 26 heavy (non-hydrogen) atoms. The molecule has 0 bridgehead atoms. The van der Waals surface area contributed by atoms with E-state index in [0.717, 1.165) is 11.1 Å². The van der Waals surface area contributed by atoms with Gasteiger partial charge < -0.3 is 28.4 Å². The molecule has 0 aliphatic carbocycles. The van der Waals surface area contributed by atoms with Crippen molar-refractivity contribution in [3.63, 3.8) is 0 Å². The van der Waals surface area contributed by atoms with E-state index in [1.54, 1.807) is 27.4 Å². The van der Waals surface area contributed by atoms with Gasteiger partial charge in [0.15, 0.2) is 31.9 Å². The zero-order valence-corrected chi connectivity index (χ0v) is 15.3. The van der Waals surface area contributed by atoms with E-state index >= 15 is 0 Å². The summed E-state index contributed by atoms with van der Waals surface area (Å²) in [5.41, 5.74) is 1.89. The van der Waals surface area contributed by atoms with Gasteiger partial charge in [0.25, 0.3) is 0 Å². The number of methoxy groups -OCH3 is 3. The third-order valence-electron chi connectivity index (χ3n) is 3.34. The van der Waals surface area contributed by atoms with Gasteiger partial charge in [0.05, 0.1) is 0 Å². The van der Waals surface area contributed by atoms with E-state index in [1.165, 1.54) is 0 Å². The lowest BCUT2D eigenvalue weighted by atomic mass is 10.1. The molecule has 0 amide bonds. The number of hydrogen-bond donors (Lipinski definition) is 0. The molecule has 0 atom stereocenters. The van der Waals surface area contributed by atoms with Crippen molar-refractivity contribution >= 4 is 12.2 Å². The molecule has 0 unspecified atom stereocenters. The van der Waals surface area contributed by atoms with E-state index in [0.29, 0.717) is 17.2 Å². The summed E-state index contributed by atoms with van der Waals surface area (Å²) >= 11 is 0. The van der Waals surface area contributed by atoms with Crippen molar-refractivity contribution in [2.24, 2.45) is 0 Å². The average Bonchev–Trinajstić information content (AvgIpc) is 2.69. The molecular weight excluding hydrogens is 336 g/mol. The fourth-order valence-corrected chi connectivity index (χ4v) is 2.20. The molecule has 0 aliphatic rings. The van der Waals surface area contributed by atoms with Crippen molar-refractivity contribution in [2.45, 2.75) is 0 Å². The second kappa shape index (κ2) is 11.1. The van der Waals surface area contributed by atoms with E-state index < -0.39 is 0 Å². The quantitative estimate of drug-likeness (QED) is 0.449. The van der Waals surface area contributed by atoms with Gasteiger partial charge in [-0.1, -0.05) is 42.5 Å². The van der Waals surface area contributed by atoms with Gasteiger partial charge in [-0.05, 0) is 17.7 Å². The van der Waals surface area contributed by atoms with Crippen LogP contribution < -0.4 is 14.2 Å². The van der Waals surface area contributed by atoms with Gasteiger partial charge >= 0.3 is 0 Å². The van der Waals surface area contributed by atoms with Crippen molar-refractivity contribution < 1.29 is 28.4 Å². The summed E-state index contributed by atoms with van der Waals surface area (Å²) in [6.45, 7) is 0.216. The largest absolute Gasteiger partial charge is 0.464 e. The number of hydrogen-bond acceptors (Lipinski definition) is 6. The van der Waals surface area contributed by atoms with Crippen LogP contribution in [0.1, 0.15) is 11.1 Å². The highest BCUT2D eigenvalue weighted by molar-refractivity contribution is 5.75. The second-order valence-corrected chi connectivity index (χ2v) is 5.21. The zero-order valence-electron chi connectivity index (χ0n) is 15.3. The Hall–Kier alpha value is -2.54. The van der Waals surface area contributed by atoms with Gasteiger partial charge in [-0.3, -0.25) is 0 Å². The molecule has 2 aromatic carbocycles. The summed E-state index contributed by atoms with van der Waals surface area (Å²) in [7, 11) is 4.65. The van der Waals surface area contributed by atoms with Crippen LogP contribution in [0.3, 0.4) is 0 Å². The summed E-state index contributed by atoms with van der Waals surface area (Å²) < 4.78 is 32.0. The lowest BCUT2D eigenvalue weighted by molar-refractivity contribution is 0.0217. The molecule has 0 heterocycles. The molecule has 6 heteroatoms. The number of rotatable bonds is 11. The normalized spacial score (nSPS) is 10.9. The highest BCUT2D eigenvalue weighted by Crippen LogP contribution is 2.41. The molecule has 0 spiro atoms. The van der Waals surface area contributed by atoms with Crippen LogP contribution in [0.15, 0.2) is 42.5 Å². The molecule has 6 nitrogen and oxygen atoms in total. The average molecular weight is 360 g/mol. The van der Waals surface area contributed by atoms with Gasteiger partial charge in [-0.25, -0.2) is 0 Å². The first kappa shape index (κ1) is 19.8. The van der Waals surface area contributed by atoms with Crippen LogP contribution in [0.4, 0.5) is 0 Å². The summed E-state index contributed by atoms with van der Waals surface area (Å²) in [5.74, 6) is 1.42. The maximum atomic E-state index is 5.75. The molecule has 0 saturated heterocycles. The van der Waals surface area contributed by atoms with Crippen molar-refractivity contribution in [2.75, 3.05) is 41.7 Å². The minimum Gasteiger partial charge on any atom is -0.464 e. The predicted molar refractivity (Wildman–Crippen MR) is 99.3 cm³/mol. The van der Waals surface area contributed by atoms with Crippen molar-refractivity contribution in [1.29, 1.82) is 0 Å². The summed E-state index contributed by atoms with van der Waals surface area (Å²) in [5, 5.41) is 0. The monoisotopic (exact) mass is 360 g/mol. The maximum Gasteiger partial charge on any atom is 0.207 e. The third kappa shape index (κ3) is 5.77. The Balaban J connectivity index is 2.39.